The summed E-state index contributed by atoms with van der Waals surface area (Å²) in [5, 5.41) is 12.3. The van der Waals surface area contributed by atoms with Gasteiger partial charge in [-0.2, -0.15) is 0 Å². The highest BCUT2D eigenvalue weighted by Gasteiger charge is 2.28. The topological polar surface area (TPSA) is 49.3 Å². The van der Waals surface area contributed by atoms with Crippen molar-refractivity contribution in [3.8, 4) is 0 Å². The van der Waals surface area contributed by atoms with Gasteiger partial charge in [0.1, 0.15) is 0 Å². The highest BCUT2D eigenvalue weighted by molar-refractivity contribution is 8.01. The Morgan fingerprint density at radius 2 is 2.24 bits per heavy atom. The molecule has 1 atom stereocenters. The minimum Gasteiger partial charge on any atom is -0.389 e. The van der Waals surface area contributed by atoms with Crippen molar-refractivity contribution in [2.24, 2.45) is 0 Å². The van der Waals surface area contributed by atoms with Gasteiger partial charge in [-0.1, -0.05) is 18.2 Å². The molecule has 1 aromatic rings. The van der Waals surface area contributed by atoms with Gasteiger partial charge in [-0.05, 0) is 31.9 Å². The monoisotopic (exact) mass is 251 g/mol. The van der Waals surface area contributed by atoms with E-state index < -0.39 is 5.60 Å². The lowest BCUT2D eigenvalue weighted by atomic mass is 10.1. The van der Waals surface area contributed by atoms with Crippen molar-refractivity contribution in [2.75, 3.05) is 6.54 Å². The average molecular weight is 251 g/mol. The molecule has 2 rings (SSSR count). The van der Waals surface area contributed by atoms with Crippen molar-refractivity contribution in [2.45, 2.75) is 36.0 Å². The summed E-state index contributed by atoms with van der Waals surface area (Å²) in [7, 11) is 0. The van der Waals surface area contributed by atoms with E-state index in [1.54, 1.807) is 25.6 Å². The zero-order chi connectivity index (χ0) is 12.5. The smallest absolute Gasteiger partial charge is 0.233 e. The summed E-state index contributed by atoms with van der Waals surface area (Å²) in [5.74, 6) is 0.00771. The van der Waals surface area contributed by atoms with Crippen LogP contribution in [0.15, 0.2) is 29.2 Å². The Bertz CT molecular complexity index is 401. The fraction of sp³-hybridized carbons (Fsp3) is 0.462. The van der Waals surface area contributed by atoms with Gasteiger partial charge >= 0.3 is 0 Å². The van der Waals surface area contributed by atoms with Gasteiger partial charge in [0, 0.05) is 11.4 Å². The number of nitrogens with one attached hydrogen (secondary N) is 1. The maximum absolute atomic E-state index is 11.9. The molecule has 1 aromatic carbocycles. The number of rotatable bonds is 3. The van der Waals surface area contributed by atoms with Crippen LogP contribution in [0.2, 0.25) is 0 Å². The van der Waals surface area contributed by atoms with Crippen LogP contribution >= 0.6 is 11.8 Å². The number of thioether (sulfide) groups is 1. The number of fused-ring (bicyclic) bond motifs is 1. The number of aliphatic hydroxyl groups is 1. The summed E-state index contributed by atoms with van der Waals surface area (Å²) in [4.78, 5) is 13.1. The summed E-state index contributed by atoms with van der Waals surface area (Å²) in [5.41, 5.74) is 0.382. The van der Waals surface area contributed by atoms with E-state index in [0.717, 1.165) is 6.42 Å². The lowest BCUT2D eigenvalue weighted by Crippen LogP contribution is -2.41. The quantitative estimate of drug-likeness (QED) is 0.857. The van der Waals surface area contributed by atoms with Crippen LogP contribution in [0.5, 0.6) is 0 Å². The lowest BCUT2D eigenvalue weighted by Gasteiger charge is -2.19. The predicted molar refractivity (Wildman–Crippen MR) is 69.1 cm³/mol. The fourth-order valence-corrected chi connectivity index (χ4v) is 2.97. The minimum atomic E-state index is -0.855. The highest BCUT2D eigenvalue weighted by Crippen LogP contribution is 2.36. The number of hydrogen-bond acceptors (Lipinski definition) is 3. The van der Waals surface area contributed by atoms with Gasteiger partial charge in [0.2, 0.25) is 5.91 Å². The van der Waals surface area contributed by atoms with Gasteiger partial charge in [-0.3, -0.25) is 4.79 Å². The lowest BCUT2D eigenvalue weighted by molar-refractivity contribution is -0.121. The van der Waals surface area contributed by atoms with E-state index in [9.17, 15) is 9.90 Å². The van der Waals surface area contributed by atoms with Gasteiger partial charge in [0.15, 0.2) is 0 Å². The molecule has 1 aliphatic heterocycles. The van der Waals surface area contributed by atoms with E-state index in [1.165, 1.54) is 10.5 Å². The first-order valence-corrected chi connectivity index (χ1v) is 6.58. The van der Waals surface area contributed by atoms with Crippen molar-refractivity contribution in [1.29, 1.82) is 0 Å². The Balaban J connectivity index is 1.92. The zero-order valence-corrected chi connectivity index (χ0v) is 10.9. The third-order valence-corrected chi connectivity index (χ3v) is 3.95. The molecule has 0 aliphatic carbocycles. The van der Waals surface area contributed by atoms with Crippen molar-refractivity contribution >= 4 is 17.7 Å². The molecule has 1 aliphatic rings. The standard InChI is InChI=1S/C13H17NO2S/c1-13(2,16)8-14-12(15)11-7-9-5-3-4-6-10(9)17-11/h3-6,11,16H,7-8H2,1-2H3,(H,14,15). The number of hydrogen-bond donors (Lipinski definition) is 2. The van der Waals surface area contributed by atoms with Crippen molar-refractivity contribution in [1.82, 2.24) is 5.32 Å². The number of benzene rings is 1. The summed E-state index contributed by atoms with van der Waals surface area (Å²) in [6, 6.07) is 8.09. The molecule has 2 N–H and O–H groups in total. The van der Waals surface area contributed by atoms with Gasteiger partial charge in [-0.25, -0.2) is 0 Å². The zero-order valence-electron chi connectivity index (χ0n) is 10.1. The van der Waals surface area contributed by atoms with E-state index >= 15 is 0 Å². The molecule has 92 valence electrons. The van der Waals surface area contributed by atoms with E-state index in [0.29, 0.717) is 6.54 Å². The Hall–Kier alpha value is -1.00. The molecule has 0 aromatic heterocycles. The van der Waals surface area contributed by atoms with E-state index in [2.05, 4.69) is 11.4 Å². The molecule has 0 radical (unpaired) electrons. The minimum absolute atomic E-state index is 0.00771. The van der Waals surface area contributed by atoms with E-state index in [1.807, 2.05) is 18.2 Å². The van der Waals surface area contributed by atoms with Crippen molar-refractivity contribution in [3.05, 3.63) is 29.8 Å². The van der Waals surface area contributed by atoms with Crippen LogP contribution in [0, 0.1) is 0 Å². The summed E-state index contributed by atoms with van der Waals surface area (Å²) < 4.78 is 0. The Morgan fingerprint density at radius 3 is 2.88 bits per heavy atom. The molecule has 0 fully saturated rings. The molecule has 17 heavy (non-hydrogen) atoms. The second-order valence-corrected chi connectivity index (χ2v) is 6.19. The molecule has 0 saturated carbocycles. The largest absolute Gasteiger partial charge is 0.389 e. The van der Waals surface area contributed by atoms with Crippen LogP contribution in [-0.4, -0.2) is 28.4 Å². The predicted octanol–water partition coefficient (Wildman–Crippen LogP) is 1.59. The number of carbonyl (C=O) groups is 1. The first kappa shape index (κ1) is 12.5. The molecule has 0 bridgehead atoms. The molecule has 1 amide bonds. The van der Waals surface area contributed by atoms with Crippen molar-refractivity contribution in [3.63, 3.8) is 0 Å². The molecule has 0 saturated heterocycles. The second-order valence-electron chi connectivity index (χ2n) is 4.95. The van der Waals surface area contributed by atoms with Crippen LogP contribution in [0.4, 0.5) is 0 Å². The molecule has 1 heterocycles. The molecule has 4 heteroatoms. The van der Waals surface area contributed by atoms with Crippen LogP contribution in [-0.2, 0) is 11.2 Å². The highest BCUT2D eigenvalue weighted by atomic mass is 32.2. The van der Waals surface area contributed by atoms with Gasteiger partial charge in [-0.15, -0.1) is 11.8 Å². The maximum Gasteiger partial charge on any atom is 0.233 e. The average Bonchev–Trinajstić information content (AvgIpc) is 2.68. The summed E-state index contributed by atoms with van der Waals surface area (Å²) >= 11 is 1.60. The summed E-state index contributed by atoms with van der Waals surface area (Å²) in [6.07, 6.45) is 0.776. The normalized spacial score (nSPS) is 18.9. The van der Waals surface area contributed by atoms with E-state index in [4.69, 9.17) is 0 Å². The third kappa shape index (κ3) is 3.23. The van der Waals surface area contributed by atoms with Crippen LogP contribution in [0.1, 0.15) is 19.4 Å². The molecule has 3 nitrogen and oxygen atoms in total. The third-order valence-electron chi connectivity index (χ3n) is 2.63. The fourth-order valence-electron chi connectivity index (χ4n) is 1.75. The Morgan fingerprint density at radius 1 is 1.53 bits per heavy atom. The first-order chi connectivity index (χ1) is 7.96. The van der Waals surface area contributed by atoms with Crippen LogP contribution in [0.25, 0.3) is 0 Å². The van der Waals surface area contributed by atoms with Gasteiger partial charge < -0.3 is 10.4 Å². The van der Waals surface area contributed by atoms with Gasteiger partial charge in [0.25, 0.3) is 0 Å². The number of amides is 1. The van der Waals surface area contributed by atoms with E-state index in [-0.39, 0.29) is 11.2 Å². The summed E-state index contributed by atoms with van der Waals surface area (Å²) in [6.45, 7) is 3.66. The molecule has 0 spiro atoms. The number of carbonyl (C=O) groups excluding carboxylic acids is 1. The second kappa shape index (κ2) is 4.70. The van der Waals surface area contributed by atoms with Crippen LogP contribution < -0.4 is 5.32 Å². The molecular formula is C13H17NO2S. The molecular weight excluding hydrogens is 234 g/mol. The van der Waals surface area contributed by atoms with Crippen LogP contribution in [0.3, 0.4) is 0 Å². The Kier molecular flexibility index (Phi) is 3.45. The SMILES string of the molecule is CC(C)(O)CNC(=O)C1Cc2ccccc2S1. The Labute approximate surface area is 106 Å². The molecule has 1 unspecified atom stereocenters. The van der Waals surface area contributed by atoms with Gasteiger partial charge in [0.05, 0.1) is 10.9 Å². The van der Waals surface area contributed by atoms with Crippen molar-refractivity contribution < 1.29 is 9.90 Å². The maximum atomic E-state index is 11.9. The first-order valence-electron chi connectivity index (χ1n) is 5.70.